The van der Waals surface area contributed by atoms with Crippen molar-refractivity contribution in [1.29, 1.82) is 10.5 Å². The number of alkyl carbamates (subject to hydrolysis) is 1. The number of ether oxygens (including phenoxy) is 1. The highest BCUT2D eigenvalue weighted by Gasteiger charge is 2.27. The molecule has 1 aliphatic heterocycles. The van der Waals surface area contributed by atoms with E-state index in [0.29, 0.717) is 18.7 Å². The zero-order valence-electron chi connectivity index (χ0n) is 18.8. The van der Waals surface area contributed by atoms with Crippen molar-refractivity contribution in [1.82, 2.24) is 14.9 Å². The molecule has 0 aliphatic carbocycles. The molecule has 0 spiro atoms. The molecule has 1 N–H and O–H groups in total. The number of benzene rings is 1. The average molecular weight is 452 g/mol. The van der Waals surface area contributed by atoms with E-state index in [-0.39, 0.29) is 29.7 Å². The molecule has 0 saturated carbocycles. The standard InChI is InChI=1S/C23H25FN6O3/c1-23(2,3)33-22(32)28-19-5-4-8-29(14-19)21-27-12-17(11-26)20(31)30(21)13-16-9-18(24)7-6-15(16)10-25/h6-7,9,12,19H,4-5,8,13-14H2,1-3H3,(H,28,32)/t19-/m1/s1. The first kappa shape index (κ1) is 23.7. The molecule has 2 heterocycles. The van der Waals surface area contributed by atoms with Crippen LogP contribution in [0.2, 0.25) is 0 Å². The second-order valence-electron chi connectivity index (χ2n) is 8.82. The molecular weight excluding hydrogens is 427 g/mol. The molecule has 1 aromatic heterocycles. The Morgan fingerprint density at radius 1 is 1.30 bits per heavy atom. The number of amides is 1. The number of nitriles is 2. The highest BCUT2D eigenvalue weighted by molar-refractivity contribution is 5.68. The fraction of sp³-hybridized carbons (Fsp3) is 0.435. The Morgan fingerprint density at radius 2 is 2.03 bits per heavy atom. The zero-order valence-corrected chi connectivity index (χ0v) is 18.8. The number of halogens is 1. The van der Waals surface area contributed by atoms with Gasteiger partial charge in [-0.25, -0.2) is 14.2 Å². The molecule has 9 nitrogen and oxygen atoms in total. The lowest BCUT2D eigenvalue weighted by atomic mass is 10.1. The summed E-state index contributed by atoms with van der Waals surface area (Å²) < 4.78 is 20.4. The predicted molar refractivity (Wildman–Crippen MR) is 118 cm³/mol. The van der Waals surface area contributed by atoms with Gasteiger partial charge in [0.15, 0.2) is 0 Å². The van der Waals surface area contributed by atoms with Crippen molar-refractivity contribution in [3.8, 4) is 12.1 Å². The van der Waals surface area contributed by atoms with E-state index in [2.05, 4.69) is 10.3 Å². The van der Waals surface area contributed by atoms with Crippen molar-refractivity contribution in [2.75, 3.05) is 18.0 Å². The monoisotopic (exact) mass is 452 g/mol. The third-order valence-electron chi connectivity index (χ3n) is 5.09. The number of nitrogens with one attached hydrogen (secondary N) is 1. The minimum atomic E-state index is -0.628. The first-order chi connectivity index (χ1) is 15.6. The van der Waals surface area contributed by atoms with E-state index in [4.69, 9.17) is 4.74 Å². The van der Waals surface area contributed by atoms with Crippen molar-refractivity contribution >= 4 is 12.0 Å². The molecule has 10 heteroatoms. The van der Waals surface area contributed by atoms with Crippen LogP contribution >= 0.6 is 0 Å². The molecule has 0 radical (unpaired) electrons. The molecule has 2 aromatic rings. The number of rotatable bonds is 4. The van der Waals surface area contributed by atoms with Crippen LogP contribution in [0.25, 0.3) is 0 Å². The number of hydrogen-bond acceptors (Lipinski definition) is 7. The second kappa shape index (κ2) is 9.70. The fourth-order valence-corrected chi connectivity index (χ4v) is 3.68. The Bertz CT molecular complexity index is 1190. The summed E-state index contributed by atoms with van der Waals surface area (Å²) >= 11 is 0. The van der Waals surface area contributed by atoms with E-state index >= 15 is 0 Å². The van der Waals surface area contributed by atoms with Gasteiger partial charge >= 0.3 is 6.09 Å². The summed E-state index contributed by atoms with van der Waals surface area (Å²) in [6.45, 7) is 6.14. The Labute approximate surface area is 191 Å². The normalized spacial score (nSPS) is 15.9. The van der Waals surface area contributed by atoms with E-state index in [1.54, 1.807) is 20.8 Å². The largest absolute Gasteiger partial charge is 0.444 e. The third-order valence-corrected chi connectivity index (χ3v) is 5.09. The second-order valence-corrected chi connectivity index (χ2v) is 8.82. The highest BCUT2D eigenvalue weighted by Crippen LogP contribution is 2.20. The van der Waals surface area contributed by atoms with Crippen molar-refractivity contribution in [2.45, 2.75) is 51.8 Å². The van der Waals surface area contributed by atoms with Gasteiger partial charge in [-0.05, 0) is 57.4 Å². The van der Waals surface area contributed by atoms with Gasteiger partial charge in [0.25, 0.3) is 5.56 Å². The minimum Gasteiger partial charge on any atom is -0.444 e. The lowest BCUT2D eigenvalue weighted by Crippen LogP contribution is -2.50. The van der Waals surface area contributed by atoms with E-state index in [0.717, 1.165) is 12.8 Å². The van der Waals surface area contributed by atoms with E-state index in [9.17, 15) is 24.5 Å². The molecule has 0 unspecified atom stereocenters. The Kier molecular flexibility index (Phi) is 6.98. The molecule has 0 bridgehead atoms. The van der Waals surface area contributed by atoms with Gasteiger partial charge in [-0.2, -0.15) is 10.5 Å². The molecule has 1 atom stereocenters. The van der Waals surface area contributed by atoms with Crippen molar-refractivity contribution in [2.24, 2.45) is 0 Å². The molecule has 33 heavy (non-hydrogen) atoms. The highest BCUT2D eigenvalue weighted by atomic mass is 19.1. The first-order valence-corrected chi connectivity index (χ1v) is 10.5. The molecule has 1 saturated heterocycles. The number of aromatic nitrogens is 2. The number of carbonyl (C=O) groups excluding carboxylic acids is 1. The van der Waals surface area contributed by atoms with Crippen LogP contribution in [0.4, 0.5) is 15.1 Å². The first-order valence-electron chi connectivity index (χ1n) is 10.5. The summed E-state index contributed by atoms with van der Waals surface area (Å²) in [6.07, 6.45) is 2.12. The van der Waals surface area contributed by atoms with Crippen LogP contribution in [0.3, 0.4) is 0 Å². The van der Waals surface area contributed by atoms with E-state index in [1.807, 2.05) is 17.0 Å². The molecule has 1 aliphatic rings. The van der Waals surface area contributed by atoms with Gasteiger partial charge in [-0.15, -0.1) is 0 Å². The smallest absolute Gasteiger partial charge is 0.407 e. The van der Waals surface area contributed by atoms with Crippen LogP contribution in [0.15, 0.2) is 29.2 Å². The van der Waals surface area contributed by atoms with Crippen LogP contribution in [0, 0.1) is 28.5 Å². The van der Waals surface area contributed by atoms with Gasteiger partial charge in [0, 0.05) is 19.1 Å². The summed E-state index contributed by atoms with van der Waals surface area (Å²) in [7, 11) is 0. The van der Waals surface area contributed by atoms with Gasteiger partial charge < -0.3 is 15.0 Å². The number of piperidine rings is 1. The summed E-state index contributed by atoms with van der Waals surface area (Å²) in [5.41, 5.74) is -0.846. The maximum absolute atomic E-state index is 13.9. The Hall–Kier alpha value is -3.92. The number of anilines is 1. The lowest BCUT2D eigenvalue weighted by molar-refractivity contribution is 0.0499. The lowest BCUT2D eigenvalue weighted by Gasteiger charge is -2.35. The van der Waals surface area contributed by atoms with Gasteiger partial charge in [-0.1, -0.05) is 0 Å². The van der Waals surface area contributed by atoms with E-state index in [1.165, 1.54) is 29.0 Å². The minimum absolute atomic E-state index is 0.127. The Balaban J connectivity index is 1.92. The third kappa shape index (κ3) is 5.86. The topological polar surface area (TPSA) is 124 Å². The summed E-state index contributed by atoms with van der Waals surface area (Å²) in [6, 6.07) is 7.29. The predicted octanol–water partition coefficient (Wildman–Crippen LogP) is 2.67. The number of nitrogens with zero attached hydrogens (tertiary/aromatic N) is 5. The average Bonchev–Trinajstić information content (AvgIpc) is 2.74. The molecule has 1 aromatic carbocycles. The summed E-state index contributed by atoms with van der Waals surface area (Å²) in [5.74, 6) is -0.259. The Morgan fingerprint density at radius 3 is 2.70 bits per heavy atom. The van der Waals surface area contributed by atoms with Gasteiger partial charge in [0.2, 0.25) is 5.95 Å². The van der Waals surface area contributed by atoms with Crippen molar-refractivity contribution < 1.29 is 13.9 Å². The molecule has 172 valence electrons. The molecular formula is C23H25FN6O3. The number of hydrogen-bond donors (Lipinski definition) is 1. The van der Waals surface area contributed by atoms with Crippen molar-refractivity contribution in [3.63, 3.8) is 0 Å². The van der Waals surface area contributed by atoms with Crippen LogP contribution in [0.5, 0.6) is 0 Å². The fourth-order valence-electron chi connectivity index (χ4n) is 3.68. The SMILES string of the molecule is CC(C)(C)OC(=O)N[C@@H]1CCCN(c2ncc(C#N)c(=O)n2Cc2cc(F)ccc2C#N)C1. The van der Waals surface area contributed by atoms with Crippen LogP contribution in [-0.4, -0.2) is 40.4 Å². The quantitative estimate of drug-likeness (QED) is 0.756. The van der Waals surface area contributed by atoms with Crippen LogP contribution in [0.1, 0.15) is 50.3 Å². The maximum Gasteiger partial charge on any atom is 0.407 e. The van der Waals surface area contributed by atoms with Gasteiger partial charge in [0.1, 0.15) is 23.1 Å². The van der Waals surface area contributed by atoms with Crippen LogP contribution < -0.4 is 15.8 Å². The van der Waals surface area contributed by atoms with E-state index < -0.39 is 23.1 Å². The van der Waals surface area contributed by atoms with Gasteiger partial charge in [0.05, 0.1) is 24.4 Å². The molecule has 3 rings (SSSR count). The van der Waals surface area contributed by atoms with Crippen molar-refractivity contribution in [3.05, 3.63) is 57.3 Å². The maximum atomic E-state index is 13.9. The summed E-state index contributed by atoms with van der Waals surface area (Å²) in [4.78, 5) is 31.3. The summed E-state index contributed by atoms with van der Waals surface area (Å²) in [5, 5.41) is 21.5. The molecule has 1 amide bonds. The van der Waals surface area contributed by atoms with Crippen LogP contribution in [-0.2, 0) is 11.3 Å². The number of carbonyl (C=O) groups is 1. The zero-order chi connectivity index (χ0) is 24.2. The molecule has 1 fully saturated rings. The van der Waals surface area contributed by atoms with Gasteiger partial charge in [-0.3, -0.25) is 9.36 Å².